The summed E-state index contributed by atoms with van der Waals surface area (Å²) in [6.07, 6.45) is 3.79. The SMILES string of the molecule is CCCCSC(C)C(=O)N1CCC(C(=O)OCC)CC1. The summed E-state index contributed by atoms with van der Waals surface area (Å²) in [5, 5.41) is 0.0284. The van der Waals surface area contributed by atoms with Crippen LogP contribution in [-0.4, -0.2) is 47.5 Å². The van der Waals surface area contributed by atoms with Gasteiger partial charge in [-0.2, -0.15) is 0 Å². The molecule has 0 aromatic heterocycles. The maximum absolute atomic E-state index is 12.3. The van der Waals surface area contributed by atoms with Gasteiger partial charge in [0.25, 0.3) is 0 Å². The molecule has 1 atom stereocenters. The molecule has 0 aromatic carbocycles. The molecule has 1 rings (SSSR count). The highest BCUT2D eigenvalue weighted by Gasteiger charge is 2.29. The average molecular weight is 301 g/mol. The van der Waals surface area contributed by atoms with Crippen molar-refractivity contribution in [2.45, 2.75) is 51.7 Å². The molecular weight excluding hydrogens is 274 g/mol. The molecule has 4 nitrogen and oxygen atoms in total. The maximum Gasteiger partial charge on any atom is 0.309 e. The summed E-state index contributed by atoms with van der Waals surface area (Å²) in [7, 11) is 0. The molecule has 1 aliphatic rings. The normalized spacial score (nSPS) is 17.9. The largest absolute Gasteiger partial charge is 0.466 e. The van der Waals surface area contributed by atoms with Gasteiger partial charge in [0.15, 0.2) is 0 Å². The lowest BCUT2D eigenvalue weighted by Crippen LogP contribution is -2.43. The van der Waals surface area contributed by atoms with Crippen LogP contribution in [0.3, 0.4) is 0 Å². The summed E-state index contributed by atoms with van der Waals surface area (Å²) < 4.78 is 5.04. The summed E-state index contributed by atoms with van der Waals surface area (Å²) in [6.45, 7) is 7.77. The molecule has 1 aliphatic heterocycles. The van der Waals surface area contributed by atoms with E-state index in [4.69, 9.17) is 4.74 Å². The minimum absolute atomic E-state index is 0.0259. The summed E-state index contributed by atoms with van der Waals surface area (Å²) in [5.74, 6) is 1.13. The van der Waals surface area contributed by atoms with Crippen LogP contribution in [0.4, 0.5) is 0 Å². The quantitative estimate of drug-likeness (QED) is 0.536. The molecule has 1 amide bonds. The van der Waals surface area contributed by atoms with Crippen molar-refractivity contribution in [2.75, 3.05) is 25.4 Å². The van der Waals surface area contributed by atoms with E-state index in [0.717, 1.165) is 25.0 Å². The lowest BCUT2D eigenvalue weighted by molar-refractivity contribution is -0.151. The standard InChI is InChI=1S/C15H27NO3S/c1-4-6-11-20-12(3)14(17)16-9-7-13(8-10-16)15(18)19-5-2/h12-13H,4-11H2,1-3H3. The molecule has 0 radical (unpaired) electrons. The third-order valence-corrected chi connectivity index (χ3v) is 4.87. The first-order chi connectivity index (χ1) is 9.60. The number of piperidine rings is 1. The number of ether oxygens (including phenoxy) is 1. The van der Waals surface area contributed by atoms with Gasteiger partial charge in [-0.1, -0.05) is 13.3 Å². The van der Waals surface area contributed by atoms with Crippen LogP contribution >= 0.6 is 11.8 Å². The monoisotopic (exact) mass is 301 g/mol. The number of esters is 1. The average Bonchev–Trinajstić information content (AvgIpc) is 2.47. The summed E-state index contributed by atoms with van der Waals surface area (Å²) >= 11 is 1.74. The van der Waals surface area contributed by atoms with Gasteiger partial charge in [-0.05, 0) is 38.9 Å². The van der Waals surface area contributed by atoms with Crippen LogP contribution in [0.2, 0.25) is 0 Å². The van der Waals surface area contributed by atoms with Crippen molar-refractivity contribution in [1.29, 1.82) is 0 Å². The van der Waals surface area contributed by atoms with Crippen molar-refractivity contribution in [3.05, 3.63) is 0 Å². The predicted molar refractivity (Wildman–Crippen MR) is 82.8 cm³/mol. The second-order valence-electron chi connectivity index (χ2n) is 5.22. The minimum atomic E-state index is -0.107. The zero-order chi connectivity index (χ0) is 15.0. The fraction of sp³-hybridized carbons (Fsp3) is 0.867. The third kappa shape index (κ3) is 5.35. The molecule has 0 aromatic rings. The van der Waals surface area contributed by atoms with E-state index in [2.05, 4.69) is 6.92 Å². The van der Waals surface area contributed by atoms with Gasteiger partial charge < -0.3 is 9.64 Å². The number of thioether (sulfide) groups is 1. The molecule has 1 fully saturated rings. The first kappa shape index (κ1) is 17.3. The first-order valence-corrected chi connectivity index (χ1v) is 8.72. The Morgan fingerprint density at radius 3 is 2.50 bits per heavy atom. The van der Waals surface area contributed by atoms with Gasteiger partial charge in [0.1, 0.15) is 0 Å². The Bertz CT molecular complexity index is 314. The van der Waals surface area contributed by atoms with Gasteiger partial charge >= 0.3 is 5.97 Å². The summed E-state index contributed by atoms with van der Waals surface area (Å²) in [4.78, 5) is 25.8. The van der Waals surface area contributed by atoms with Gasteiger partial charge in [0.2, 0.25) is 5.91 Å². The third-order valence-electron chi connectivity index (χ3n) is 3.64. The second-order valence-corrected chi connectivity index (χ2v) is 6.67. The van der Waals surface area contributed by atoms with E-state index in [1.807, 2.05) is 18.7 Å². The molecule has 0 aliphatic carbocycles. The Morgan fingerprint density at radius 1 is 1.30 bits per heavy atom. The number of hydrogen-bond acceptors (Lipinski definition) is 4. The Labute approximate surface area is 126 Å². The van der Waals surface area contributed by atoms with E-state index in [1.165, 1.54) is 6.42 Å². The number of nitrogens with zero attached hydrogens (tertiary/aromatic N) is 1. The molecule has 116 valence electrons. The molecule has 20 heavy (non-hydrogen) atoms. The lowest BCUT2D eigenvalue weighted by atomic mass is 9.97. The molecule has 1 heterocycles. The van der Waals surface area contributed by atoms with Crippen LogP contribution in [0.5, 0.6) is 0 Å². The number of likely N-dealkylation sites (tertiary alicyclic amines) is 1. The van der Waals surface area contributed by atoms with Crippen LogP contribution in [-0.2, 0) is 14.3 Å². The van der Waals surface area contributed by atoms with Gasteiger partial charge in [0.05, 0.1) is 17.8 Å². The van der Waals surface area contributed by atoms with Gasteiger partial charge in [-0.25, -0.2) is 0 Å². The molecule has 0 saturated carbocycles. The van der Waals surface area contributed by atoms with Crippen LogP contribution in [0.15, 0.2) is 0 Å². The minimum Gasteiger partial charge on any atom is -0.466 e. The number of carbonyl (C=O) groups is 2. The van der Waals surface area contributed by atoms with Gasteiger partial charge in [-0.3, -0.25) is 9.59 Å². The van der Waals surface area contributed by atoms with Crippen molar-refractivity contribution in [3.8, 4) is 0 Å². The van der Waals surface area contributed by atoms with Crippen LogP contribution < -0.4 is 0 Å². The molecule has 5 heteroatoms. The summed E-state index contributed by atoms with van der Waals surface area (Å²) in [5.41, 5.74) is 0. The highest BCUT2D eigenvalue weighted by atomic mass is 32.2. The van der Waals surface area contributed by atoms with E-state index in [9.17, 15) is 9.59 Å². The Balaban J connectivity index is 2.33. The number of carbonyl (C=O) groups excluding carboxylic acids is 2. The number of amides is 1. The second kappa shape index (κ2) is 9.27. The van der Waals surface area contributed by atoms with E-state index >= 15 is 0 Å². The number of hydrogen-bond donors (Lipinski definition) is 0. The van der Waals surface area contributed by atoms with Gasteiger partial charge in [0, 0.05) is 13.1 Å². The fourth-order valence-electron chi connectivity index (χ4n) is 2.33. The number of rotatable bonds is 7. The zero-order valence-corrected chi connectivity index (χ0v) is 13.7. The highest BCUT2D eigenvalue weighted by Crippen LogP contribution is 2.22. The lowest BCUT2D eigenvalue weighted by Gasteiger charge is -2.32. The molecule has 0 bridgehead atoms. The van der Waals surface area contributed by atoms with Crippen LogP contribution in [0, 0.1) is 5.92 Å². The van der Waals surface area contributed by atoms with Gasteiger partial charge in [-0.15, -0.1) is 11.8 Å². The first-order valence-electron chi connectivity index (χ1n) is 7.67. The summed E-state index contributed by atoms with van der Waals surface area (Å²) in [6, 6.07) is 0. The molecular formula is C15H27NO3S. The molecule has 1 saturated heterocycles. The van der Waals surface area contributed by atoms with Crippen LogP contribution in [0.1, 0.15) is 46.5 Å². The van der Waals surface area contributed by atoms with Crippen molar-refractivity contribution in [2.24, 2.45) is 5.92 Å². The van der Waals surface area contributed by atoms with Crippen molar-refractivity contribution in [1.82, 2.24) is 4.90 Å². The molecule has 0 spiro atoms. The van der Waals surface area contributed by atoms with E-state index in [1.54, 1.807) is 11.8 Å². The predicted octanol–water partition coefficient (Wildman–Crippen LogP) is 2.71. The van der Waals surface area contributed by atoms with Crippen molar-refractivity contribution < 1.29 is 14.3 Å². The fourth-order valence-corrected chi connectivity index (χ4v) is 3.43. The van der Waals surface area contributed by atoms with Crippen LogP contribution in [0.25, 0.3) is 0 Å². The topological polar surface area (TPSA) is 46.6 Å². The van der Waals surface area contributed by atoms with Crippen molar-refractivity contribution >= 4 is 23.6 Å². The Kier molecular flexibility index (Phi) is 8.04. The molecule has 1 unspecified atom stereocenters. The van der Waals surface area contributed by atoms with Crippen molar-refractivity contribution in [3.63, 3.8) is 0 Å². The van der Waals surface area contributed by atoms with E-state index < -0.39 is 0 Å². The smallest absolute Gasteiger partial charge is 0.309 e. The van der Waals surface area contributed by atoms with E-state index in [-0.39, 0.29) is 23.0 Å². The number of unbranched alkanes of at least 4 members (excludes halogenated alkanes) is 1. The molecule has 0 N–H and O–H groups in total. The Hall–Kier alpha value is -0.710. The zero-order valence-electron chi connectivity index (χ0n) is 12.9. The van der Waals surface area contributed by atoms with E-state index in [0.29, 0.717) is 19.7 Å². The maximum atomic E-state index is 12.3. The Morgan fingerprint density at radius 2 is 1.95 bits per heavy atom. The highest BCUT2D eigenvalue weighted by molar-refractivity contribution is 8.00.